The number of ether oxygens (including phenoxy) is 2. The molecule has 0 fully saturated rings. The predicted molar refractivity (Wildman–Crippen MR) is 99.1 cm³/mol. The average Bonchev–Trinajstić information content (AvgIpc) is 3.25. The number of hydrogen-bond donors (Lipinski definition) is 1. The molecular weight excluding hydrogens is 326 g/mol. The van der Waals surface area contributed by atoms with Gasteiger partial charge >= 0.3 is 0 Å². The highest BCUT2D eigenvalue weighted by atomic mass is 16.6. The molecule has 0 saturated heterocycles. The summed E-state index contributed by atoms with van der Waals surface area (Å²) >= 11 is 0. The van der Waals surface area contributed by atoms with Crippen LogP contribution in [0, 0.1) is 0 Å². The summed E-state index contributed by atoms with van der Waals surface area (Å²) < 4.78 is 12.5. The lowest BCUT2D eigenvalue weighted by Gasteiger charge is -2.38. The van der Waals surface area contributed by atoms with Crippen molar-refractivity contribution in [3.05, 3.63) is 71.3 Å². The van der Waals surface area contributed by atoms with Crippen LogP contribution in [-0.2, 0) is 15.1 Å². The number of fused-ring (bicyclic) bond motifs is 3. The van der Waals surface area contributed by atoms with E-state index in [2.05, 4.69) is 5.32 Å². The largest absolute Gasteiger partial charge is 0.491 e. The normalized spacial score (nSPS) is 26.6. The van der Waals surface area contributed by atoms with Gasteiger partial charge in [-0.15, -0.1) is 0 Å². The number of amides is 1. The van der Waals surface area contributed by atoms with Crippen molar-refractivity contribution in [1.82, 2.24) is 0 Å². The Morgan fingerprint density at radius 1 is 1.08 bits per heavy atom. The number of carbonyl (C=O) groups is 1. The number of rotatable bonds is 3. The van der Waals surface area contributed by atoms with E-state index in [4.69, 9.17) is 9.47 Å². The minimum Gasteiger partial charge on any atom is -0.491 e. The monoisotopic (exact) mass is 347 g/mol. The second-order valence-electron chi connectivity index (χ2n) is 7.18. The molecule has 26 heavy (non-hydrogen) atoms. The molecule has 2 atom stereocenters. The van der Waals surface area contributed by atoms with E-state index in [-0.39, 0.29) is 12.0 Å². The molecule has 2 aromatic rings. The first-order valence-corrected chi connectivity index (χ1v) is 9.25. The standard InChI is InChI=1S/C22H21NO3/c24-21-22(19-10-4-5-12-20(19)23-21)18-11-6-7-15(18)13-17(26-22)14-25-16-8-2-1-3-9-16/h1-5,8-10,12,17H,6-7,11,13-14H2,(H,23,24)/t17-,22+/m0/s1. The quantitative estimate of drug-likeness (QED) is 0.847. The van der Waals surface area contributed by atoms with E-state index in [0.29, 0.717) is 6.61 Å². The highest BCUT2D eigenvalue weighted by Crippen LogP contribution is 2.53. The van der Waals surface area contributed by atoms with Crippen molar-refractivity contribution in [2.75, 3.05) is 11.9 Å². The maximum Gasteiger partial charge on any atom is 0.265 e. The zero-order chi connectivity index (χ0) is 17.6. The Balaban J connectivity index is 1.49. The van der Waals surface area contributed by atoms with Crippen LogP contribution in [0.25, 0.3) is 0 Å². The summed E-state index contributed by atoms with van der Waals surface area (Å²) in [6.45, 7) is 0.442. The molecule has 1 aliphatic carbocycles. The van der Waals surface area contributed by atoms with Crippen LogP contribution >= 0.6 is 0 Å². The lowest BCUT2D eigenvalue weighted by molar-refractivity contribution is -0.149. The molecule has 3 aliphatic rings. The van der Waals surface area contributed by atoms with Gasteiger partial charge in [-0.2, -0.15) is 0 Å². The molecule has 2 heterocycles. The number of hydrogen-bond acceptors (Lipinski definition) is 3. The molecular formula is C22H21NO3. The molecule has 0 radical (unpaired) electrons. The molecule has 1 amide bonds. The maximum atomic E-state index is 13.1. The first kappa shape index (κ1) is 15.6. The summed E-state index contributed by atoms with van der Waals surface area (Å²) in [5.74, 6) is 0.769. The van der Waals surface area contributed by atoms with E-state index in [9.17, 15) is 4.79 Å². The second-order valence-corrected chi connectivity index (χ2v) is 7.18. The third-order valence-electron chi connectivity index (χ3n) is 5.63. The van der Waals surface area contributed by atoms with Gasteiger partial charge in [-0.05, 0) is 49.5 Å². The van der Waals surface area contributed by atoms with Crippen LogP contribution in [0.5, 0.6) is 5.75 Å². The Labute approximate surface area is 152 Å². The molecule has 2 aliphatic heterocycles. The van der Waals surface area contributed by atoms with Crippen LogP contribution in [0.2, 0.25) is 0 Å². The highest BCUT2D eigenvalue weighted by molar-refractivity contribution is 6.07. The lowest BCUT2D eigenvalue weighted by Crippen LogP contribution is -2.46. The van der Waals surface area contributed by atoms with Crippen molar-refractivity contribution >= 4 is 11.6 Å². The molecule has 132 valence electrons. The van der Waals surface area contributed by atoms with E-state index in [1.54, 1.807) is 0 Å². The topological polar surface area (TPSA) is 47.6 Å². The molecule has 2 aromatic carbocycles. The van der Waals surface area contributed by atoms with Gasteiger partial charge in [0.25, 0.3) is 5.91 Å². The molecule has 0 saturated carbocycles. The Morgan fingerprint density at radius 3 is 2.77 bits per heavy atom. The summed E-state index contributed by atoms with van der Waals surface area (Å²) in [7, 11) is 0. The molecule has 0 unspecified atom stereocenters. The van der Waals surface area contributed by atoms with Gasteiger partial charge in [-0.1, -0.05) is 42.0 Å². The zero-order valence-corrected chi connectivity index (χ0v) is 14.5. The van der Waals surface area contributed by atoms with Crippen LogP contribution in [-0.4, -0.2) is 18.6 Å². The van der Waals surface area contributed by atoms with Crippen molar-refractivity contribution < 1.29 is 14.3 Å². The van der Waals surface area contributed by atoms with Crippen molar-refractivity contribution in [2.45, 2.75) is 37.4 Å². The third-order valence-corrected chi connectivity index (χ3v) is 5.63. The summed E-state index contributed by atoms with van der Waals surface area (Å²) in [5.41, 5.74) is 3.40. The Morgan fingerprint density at radius 2 is 1.88 bits per heavy atom. The number of nitrogens with one attached hydrogen (secondary N) is 1. The molecule has 1 spiro atoms. The number of carbonyl (C=O) groups excluding carboxylic acids is 1. The maximum absolute atomic E-state index is 13.1. The Hall–Kier alpha value is -2.59. The van der Waals surface area contributed by atoms with Gasteiger partial charge in [0.1, 0.15) is 12.4 Å². The lowest BCUT2D eigenvalue weighted by atomic mass is 9.81. The number of anilines is 1. The van der Waals surface area contributed by atoms with E-state index >= 15 is 0 Å². The van der Waals surface area contributed by atoms with E-state index in [1.165, 1.54) is 11.1 Å². The Bertz CT molecular complexity index is 889. The molecule has 4 heteroatoms. The summed E-state index contributed by atoms with van der Waals surface area (Å²) in [6.07, 6.45) is 3.79. The van der Waals surface area contributed by atoms with Crippen molar-refractivity contribution in [3.63, 3.8) is 0 Å². The summed E-state index contributed by atoms with van der Waals surface area (Å²) in [5, 5.41) is 3.03. The smallest absolute Gasteiger partial charge is 0.265 e. The summed E-state index contributed by atoms with van der Waals surface area (Å²) in [6, 6.07) is 17.6. The van der Waals surface area contributed by atoms with Gasteiger partial charge in [0, 0.05) is 11.3 Å². The Kier molecular flexibility index (Phi) is 3.61. The van der Waals surface area contributed by atoms with Crippen molar-refractivity contribution in [3.8, 4) is 5.75 Å². The number of para-hydroxylation sites is 2. The first-order valence-electron chi connectivity index (χ1n) is 9.25. The fourth-order valence-electron chi connectivity index (χ4n) is 4.54. The van der Waals surface area contributed by atoms with Crippen LogP contribution in [0.15, 0.2) is 65.7 Å². The SMILES string of the molecule is O=C1Nc2ccccc2[C@@]12O[C@H](COc1ccccc1)CC1=C2CCC1. The highest BCUT2D eigenvalue weighted by Gasteiger charge is 2.55. The zero-order valence-electron chi connectivity index (χ0n) is 14.5. The van der Waals surface area contributed by atoms with Crippen LogP contribution < -0.4 is 10.1 Å². The number of benzene rings is 2. The van der Waals surface area contributed by atoms with Gasteiger partial charge < -0.3 is 14.8 Å². The fraction of sp³-hybridized carbons (Fsp3) is 0.318. The van der Waals surface area contributed by atoms with E-state index in [0.717, 1.165) is 42.7 Å². The molecule has 5 rings (SSSR count). The van der Waals surface area contributed by atoms with Crippen LogP contribution in [0.1, 0.15) is 31.2 Å². The third kappa shape index (κ3) is 2.29. The minimum atomic E-state index is -0.967. The second kappa shape index (κ2) is 5.99. The van der Waals surface area contributed by atoms with Gasteiger partial charge in [0.2, 0.25) is 0 Å². The predicted octanol–water partition coefficient (Wildman–Crippen LogP) is 4.18. The molecule has 4 nitrogen and oxygen atoms in total. The van der Waals surface area contributed by atoms with Gasteiger partial charge in [0.05, 0.1) is 6.10 Å². The van der Waals surface area contributed by atoms with Crippen LogP contribution in [0.4, 0.5) is 5.69 Å². The molecule has 0 aromatic heterocycles. The first-order chi connectivity index (χ1) is 12.8. The van der Waals surface area contributed by atoms with Gasteiger partial charge in [-0.3, -0.25) is 4.79 Å². The van der Waals surface area contributed by atoms with Crippen molar-refractivity contribution in [2.24, 2.45) is 0 Å². The summed E-state index contributed by atoms with van der Waals surface area (Å²) in [4.78, 5) is 13.1. The fourth-order valence-corrected chi connectivity index (χ4v) is 4.54. The minimum absolute atomic E-state index is 0.0579. The molecule has 1 N–H and O–H groups in total. The van der Waals surface area contributed by atoms with Gasteiger partial charge in [-0.25, -0.2) is 0 Å². The van der Waals surface area contributed by atoms with E-state index < -0.39 is 5.60 Å². The van der Waals surface area contributed by atoms with Crippen molar-refractivity contribution in [1.29, 1.82) is 0 Å². The van der Waals surface area contributed by atoms with E-state index in [1.807, 2.05) is 54.6 Å². The van der Waals surface area contributed by atoms with Crippen LogP contribution in [0.3, 0.4) is 0 Å². The molecule has 0 bridgehead atoms. The average molecular weight is 347 g/mol. The van der Waals surface area contributed by atoms with Gasteiger partial charge in [0.15, 0.2) is 5.60 Å².